The number of ether oxygens (including phenoxy) is 1. The minimum atomic E-state index is -0.669. The molecule has 4 rings (SSSR count). The van der Waals surface area contributed by atoms with Crippen LogP contribution in [0.15, 0.2) is 23.4 Å². The molecule has 0 heterocycles. The number of hydrogen-bond acceptors (Lipinski definition) is 6. The van der Waals surface area contributed by atoms with E-state index in [1.807, 2.05) is 6.92 Å². The third-order valence-electron chi connectivity index (χ3n) is 6.93. The van der Waals surface area contributed by atoms with Gasteiger partial charge in [0.1, 0.15) is 24.2 Å². The van der Waals surface area contributed by atoms with E-state index in [-0.39, 0.29) is 52.9 Å². The molecule has 3 N–H and O–H groups in total. The SMILES string of the molecule is CCC(C)CCC(C)NC(CN=O)C(=O)NC12CC(NC(=O)COc3ccc(Cl)c(F)c3)(C1)C2. The first-order chi connectivity index (χ1) is 16.1. The average molecular weight is 497 g/mol. The van der Waals surface area contributed by atoms with Gasteiger partial charge in [-0.2, -0.15) is 4.91 Å². The van der Waals surface area contributed by atoms with Gasteiger partial charge < -0.3 is 20.7 Å². The molecule has 3 atom stereocenters. The molecule has 2 amide bonds. The first-order valence-corrected chi connectivity index (χ1v) is 12.2. The maximum Gasteiger partial charge on any atom is 0.258 e. The molecule has 0 radical (unpaired) electrons. The molecule has 0 aliphatic heterocycles. The first-order valence-electron chi connectivity index (χ1n) is 11.9. The lowest BCUT2D eigenvalue weighted by Gasteiger charge is -2.70. The third-order valence-corrected chi connectivity index (χ3v) is 7.24. The Balaban J connectivity index is 1.41. The number of nitroso groups, excluding NO2 is 1. The topological polar surface area (TPSA) is 109 Å². The number of benzene rings is 1. The maximum absolute atomic E-state index is 13.5. The first kappa shape index (κ1) is 26.3. The van der Waals surface area contributed by atoms with Crippen molar-refractivity contribution in [3.05, 3.63) is 33.9 Å². The van der Waals surface area contributed by atoms with Crippen LogP contribution < -0.4 is 20.7 Å². The molecule has 0 saturated heterocycles. The fourth-order valence-corrected chi connectivity index (χ4v) is 5.02. The van der Waals surface area contributed by atoms with Crippen LogP contribution in [-0.4, -0.2) is 48.1 Å². The van der Waals surface area contributed by atoms with Crippen LogP contribution in [0.1, 0.15) is 59.3 Å². The van der Waals surface area contributed by atoms with Crippen molar-refractivity contribution in [3.63, 3.8) is 0 Å². The van der Waals surface area contributed by atoms with Gasteiger partial charge in [-0.3, -0.25) is 9.59 Å². The molecule has 0 spiro atoms. The highest BCUT2D eigenvalue weighted by Gasteiger charge is 2.69. The van der Waals surface area contributed by atoms with E-state index in [2.05, 4.69) is 35.0 Å². The Bertz CT molecular complexity index is 895. The molecule has 10 heteroatoms. The lowest BCUT2D eigenvalue weighted by Crippen LogP contribution is -2.84. The third kappa shape index (κ3) is 6.44. The summed E-state index contributed by atoms with van der Waals surface area (Å²) in [4.78, 5) is 36.0. The van der Waals surface area contributed by atoms with Gasteiger partial charge >= 0.3 is 0 Å². The summed E-state index contributed by atoms with van der Waals surface area (Å²) in [5.41, 5.74) is -0.707. The van der Waals surface area contributed by atoms with E-state index in [1.54, 1.807) is 0 Å². The van der Waals surface area contributed by atoms with Crippen molar-refractivity contribution in [1.29, 1.82) is 0 Å². The highest BCUT2D eigenvalue weighted by molar-refractivity contribution is 6.30. The molecule has 1 aromatic carbocycles. The second-order valence-electron chi connectivity index (χ2n) is 10.0. The number of nitrogens with one attached hydrogen (secondary N) is 3. The van der Waals surface area contributed by atoms with Gasteiger partial charge in [0.2, 0.25) is 5.91 Å². The molecule has 3 saturated carbocycles. The summed E-state index contributed by atoms with van der Waals surface area (Å²) in [6.07, 6.45) is 4.95. The van der Waals surface area contributed by atoms with E-state index in [9.17, 15) is 18.9 Å². The van der Waals surface area contributed by atoms with E-state index in [4.69, 9.17) is 16.3 Å². The average Bonchev–Trinajstić information content (AvgIpc) is 2.75. The zero-order valence-electron chi connectivity index (χ0n) is 20.0. The Kier molecular flexibility index (Phi) is 8.52. The predicted octanol–water partition coefficient (Wildman–Crippen LogP) is 3.70. The number of carbonyl (C=O) groups is 2. The Morgan fingerprint density at radius 3 is 2.47 bits per heavy atom. The molecule has 34 heavy (non-hydrogen) atoms. The van der Waals surface area contributed by atoms with Crippen LogP contribution in [0.25, 0.3) is 0 Å². The van der Waals surface area contributed by atoms with Crippen LogP contribution >= 0.6 is 11.6 Å². The van der Waals surface area contributed by atoms with Crippen LogP contribution in [0, 0.1) is 16.6 Å². The summed E-state index contributed by atoms with van der Waals surface area (Å²) in [6, 6.07) is 3.42. The number of rotatable bonds is 14. The van der Waals surface area contributed by atoms with Gasteiger partial charge in [-0.25, -0.2) is 4.39 Å². The lowest BCUT2D eigenvalue weighted by atomic mass is 9.44. The zero-order chi connectivity index (χ0) is 24.9. The lowest BCUT2D eigenvalue weighted by molar-refractivity contribution is -0.151. The molecule has 3 fully saturated rings. The molecule has 188 valence electrons. The Morgan fingerprint density at radius 1 is 1.18 bits per heavy atom. The fraction of sp³-hybridized carbons (Fsp3) is 0.667. The van der Waals surface area contributed by atoms with Crippen molar-refractivity contribution in [2.24, 2.45) is 11.1 Å². The quantitative estimate of drug-likeness (QED) is 0.340. The Hall–Kier alpha value is -2.26. The fourth-order valence-electron chi connectivity index (χ4n) is 4.90. The number of halogens is 2. The molecule has 3 unspecified atom stereocenters. The summed E-state index contributed by atoms with van der Waals surface area (Å²) in [5, 5.41) is 12.2. The van der Waals surface area contributed by atoms with Crippen molar-refractivity contribution in [2.75, 3.05) is 13.2 Å². The number of nitrogens with zero attached hydrogens (tertiary/aromatic N) is 1. The van der Waals surface area contributed by atoms with Crippen LogP contribution in [0.5, 0.6) is 5.75 Å². The minimum Gasteiger partial charge on any atom is -0.484 e. The smallest absolute Gasteiger partial charge is 0.258 e. The molecular formula is C24H34ClFN4O4. The van der Waals surface area contributed by atoms with Crippen molar-refractivity contribution in [2.45, 2.75) is 82.5 Å². The van der Waals surface area contributed by atoms with E-state index in [0.29, 0.717) is 25.2 Å². The summed E-state index contributed by atoms with van der Waals surface area (Å²) in [6.45, 7) is 6.00. The van der Waals surface area contributed by atoms with Gasteiger partial charge in [-0.1, -0.05) is 37.0 Å². The number of carbonyl (C=O) groups excluding carboxylic acids is 2. The second kappa shape index (κ2) is 11.0. The molecule has 3 aliphatic rings. The van der Waals surface area contributed by atoms with Crippen LogP contribution in [-0.2, 0) is 9.59 Å². The van der Waals surface area contributed by atoms with Crippen molar-refractivity contribution in [3.8, 4) is 5.75 Å². The normalized spacial score (nSPS) is 25.2. The molecule has 8 nitrogen and oxygen atoms in total. The summed E-state index contributed by atoms with van der Waals surface area (Å²) < 4.78 is 18.8. The highest BCUT2D eigenvalue weighted by atomic mass is 35.5. The van der Waals surface area contributed by atoms with E-state index in [1.165, 1.54) is 12.1 Å². The Labute approximate surface area is 204 Å². The zero-order valence-corrected chi connectivity index (χ0v) is 20.7. The van der Waals surface area contributed by atoms with Gasteiger partial charge in [0.05, 0.1) is 5.02 Å². The van der Waals surface area contributed by atoms with Gasteiger partial charge in [-0.05, 0) is 57.1 Å². The molecule has 1 aromatic rings. The van der Waals surface area contributed by atoms with Gasteiger partial charge in [-0.15, -0.1) is 0 Å². The van der Waals surface area contributed by atoms with E-state index >= 15 is 0 Å². The number of hydrogen-bond donors (Lipinski definition) is 3. The van der Waals surface area contributed by atoms with Crippen molar-refractivity contribution >= 4 is 23.4 Å². The van der Waals surface area contributed by atoms with E-state index < -0.39 is 11.9 Å². The van der Waals surface area contributed by atoms with Gasteiger partial charge in [0.15, 0.2) is 6.61 Å². The predicted molar refractivity (Wildman–Crippen MR) is 128 cm³/mol. The highest BCUT2D eigenvalue weighted by Crippen LogP contribution is 2.60. The standard InChI is InChI=1S/C24H34ClFN4O4/c1-4-15(2)5-6-16(3)28-20(10-27-33)22(32)30-24-12-23(13-24,14-24)29-21(31)11-34-17-7-8-18(25)19(26)9-17/h7-9,15-16,20,28H,4-6,10-14H2,1-3H3,(H,29,31)(H,30,32). The van der Waals surface area contributed by atoms with Crippen molar-refractivity contribution < 1.29 is 18.7 Å². The summed E-state index contributed by atoms with van der Waals surface area (Å²) in [5.74, 6) is -0.318. The van der Waals surface area contributed by atoms with Gasteiger partial charge in [0, 0.05) is 23.2 Å². The molecular weight excluding hydrogens is 463 g/mol. The van der Waals surface area contributed by atoms with Crippen LogP contribution in [0.3, 0.4) is 0 Å². The van der Waals surface area contributed by atoms with E-state index in [0.717, 1.165) is 25.3 Å². The van der Waals surface area contributed by atoms with Crippen LogP contribution in [0.4, 0.5) is 4.39 Å². The summed E-state index contributed by atoms with van der Waals surface area (Å²) >= 11 is 5.64. The maximum atomic E-state index is 13.5. The molecule has 3 aliphatic carbocycles. The molecule has 0 aromatic heterocycles. The monoisotopic (exact) mass is 496 g/mol. The second-order valence-corrected chi connectivity index (χ2v) is 10.4. The Morgan fingerprint density at radius 2 is 1.85 bits per heavy atom. The van der Waals surface area contributed by atoms with Crippen molar-refractivity contribution in [1.82, 2.24) is 16.0 Å². The summed E-state index contributed by atoms with van der Waals surface area (Å²) in [7, 11) is 0. The minimum absolute atomic E-state index is 0.0140. The largest absolute Gasteiger partial charge is 0.484 e. The number of amides is 2. The van der Waals surface area contributed by atoms with Gasteiger partial charge in [0.25, 0.3) is 5.91 Å². The molecule has 2 bridgehead atoms. The van der Waals surface area contributed by atoms with Crippen LogP contribution in [0.2, 0.25) is 5.02 Å².